The molecule has 1 aromatic heterocycles. The summed E-state index contributed by atoms with van der Waals surface area (Å²) in [5.41, 5.74) is 1.74. The molecule has 4 heterocycles. The van der Waals surface area contributed by atoms with Crippen molar-refractivity contribution in [1.82, 2.24) is 9.55 Å². The maximum atomic E-state index is 13.3. The van der Waals surface area contributed by atoms with Gasteiger partial charge in [0.1, 0.15) is 23.9 Å². The van der Waals surface area contributed by atoms with E-state index in [1.807, 2.05) is 20.2 Å². The van der Waals surface area contributed by atoms with E-state index in [1.54, 1.807) is 24.1 Å². The Kier molecular flexibility index (Phi) is 10.8. The third kappa shape index (κ3) is 7.58. The van der Waals surface area contributed by atoms with E-state index >= 15 is 0 Å². The van der Waals surface area contributed by atoms with Gasteiger partial charge in [-0.15, -0.1) is 0 Å². The number of methoxy groups -OCH3 is 1. The van der Waals surface area contributed by atoms with Gasteiger partial charge in [-0.2, -0.15) is 0 Å². The summed E-state index contributed by atoms with van der Waals surface area (Å²) in [5, 5.41) is 20.8. The number of rotatable bonds is 9. The van der Waals surface area contributed by atoms with Crippen LogP contribution in [0, 0.1) is 23.7 Å². The smallest absolute Gasteiger partial charge is 0.331 e. The van der Waals surface area contributed by atoms with Crippen LogP contribution in [-0.4, -0.2) is 94.1 Å². The third-order valence-electron chi connectivity index (χ3n) is 10.3. The summed E-state index contributed by atoms with van der Waals surface area (Å²) in [6.45, 7) is 9.57. The molecule has 0 saturated carbocycles. The number of hydrogen-bond acceptors (Lipinski definition) is 11. The standard InChI is InChI=1S/C35H50N2O10/c1-20(2)25-10-8-21(3)26-15-29(46-30(40)11-9-24-16-37(6)19-36-24)34(5)12-13-35(42-7,47-34)23(14-27(25)26)17-43-33-32(45-22(4)38)31(41)28(39)18-44-33/h8-9,11,14,16,19-20,25-29,31-33,39,41H,10,12-13,15,17-18H2,1-7H3/t25-,26+,27-,28-,29+,31-,32+,33-,34+,35-/m1/s1. The molecule has 12 heteroatoms. The maximum absolute atomic E-state index is 13.3. The Morgan fingerprint density at radius 1 is 1.23 bits per heavy atom. The molecule has 2 fully saturated rings. The van der Waals surface area contributed by atoms with Gasteiger partial charge >= 0.3 is 11.9 Å². The molecule has 0 radical (unpaired) electrons. The van der Waals surface area contributed by atoms with Gasteiger partial charge in [0.2, 0.25) is 0 Å². The predicted octanol–water partition coefficient (Wildman–Crippen LogP) is 3.47. The Morgan fingerprint density at radius 2 is 2.00 bits per heavy atom. The minimum atomic E-state index is -1.38. The molecule has 3 aliphatic heterocycles. The number of ether oxygens (including phenoxy) is 6. The number of hydrogen-bond donors (Lipinski definition) is 2. The number of carbonyl (C=O) groups excluding carboxylic acids is 2. The normalized spacial score (nSPS) is 37.4. The van der Waals surface area contributed by atoms with E-state index in [2.05, 4.69) is 37.9 Å². The van der Waals surface area contributed by atoms with Crippen LogP contribution in [0.5, 0.6) is 0 Å². The Hall–Kier alpha value is -2.87. The molecule has 2 bridgehead atoms. The molecule has 2 saturated heterocycles. The molecule has 2 N–H and O–H groups in total. The van der Waals surface area contributed by atoms with Crippen LogP contribution >= 0.6 is 0 Å². The molecule has 260 valence electrons. The molecular weight excluding hydrogens is 608 g/mol. The van der Waals surface area contributed by atoms with Gasteiger partial charge in [0.15, 0.2) is 18.2 Å². The van der Waals surface area contributed by atoms with Gasteiger partial charge in [-0.05, 0) is 62.9 Å². The quantitative estimate of drug-likeness (QED) is 0.228. The van der Waals surface area contributed by atoms with Crippen LogP contribution in [0.25, 0.3) is 6.08 Å². The van der Waals surface area contributed by atoms with E-state index in [1.165, 1.54) is 18.6 Å². The molecule has 0 amide bonds. The van der Waals surface area contributed by atoms with Crippen molar-refractivity contribution in [2.75, 3.05) is 20.3 Å². The predicted molar refractivity (Wildman–Crippen MR) is 170 cm³/mol. The Morgan fingerprint density at radius 3 is 2.66 bits per heavy atom. The zero-order valence-corrected chi connectivity index (χ0v) is 28.5. The highest BCUT2D eigenvalue weighted by atomic mass is 16.7. The zero-order chi connectivity index (χ0) is 34.1. The summed E-state index contributed by atoms with van der Waals surface area (Å²) in [7, 11) is 3.46. The van der Waals surface area contributed by atoms with Gasteiger partial charge < -0.3 is 43.2 Å². The van der Waals surface area contributed by atoms with Gasteiger partial charge in [-0.3, -0.25) is 4.79 Å². The molecule has 10 atom stereocenters. The highest BCUT2D eigenvalue weighted by molar-refractivity contribution is 5.86. The minimum absolute atomic E-state index is 0.0107. The number of aliphatic hydroxyl groups excluding tert-OH is 2. The first-order valence-electron chi connectivity index (χ1n) is 16.5. The number of aliphatic hydroxyl groups is 2. The number of aryl methyl sites for hydroxylation is 1. The third-order valence-corrected chi connectivity index (χ3v) is 10.3. The van der Waals surface area contributed by atoms with E-state index in [4.69, 9.17) is 28.4 Å². The molecule has 47 heavy (non-hydrogen) atoms. The lowest BCUT2D eigenvalue weighted by Crippen LogP contribution is -2.55. The second-order valence-electron chi connectivity index (χ2n) is 13.9. The molecule has 12 nitrogen and oxygen atoms in total. The van der Waals surface area contributed by atoms with Gasteiger partial charge in [0.05, 0.1) is 25.2 Å². The van der Waals surface area contributed by atoms with Crippen molar-refractivity contribution in [3.05, 3.63) is 47.6 Å². The van der Waals surface area contributed by atoms with Gasteiger partial charge in [0, 0.05) is 45.3 Å². The highest BCUT2D eigenvalue weighted by Gasteiger charge is 2.56. The number of aromatic nitrogens is 2. The molecular formula is C35H50N2O10. The zero-order valence-electron chi connectivity index (χ0n) is 28.5. The lowest BCUT2D eigenvalue weighted by molar-refractivity contribution is -0.278. The minimum Gasteiger partial charge on any atom is -0.456 e. The SMILES string of the molecule is CO[C@]12CC[C@](C)(O1)[C@@H](OC(=O)C=Cc1cn(C)cn1)C[C@H]1C(C)=CC[C@H](C(C)C)[C@H]1C=C2CO[C@@H]1OC[C@@H](O)[C@@H](O)[C@@H]1OC(C)=O. The van der Waals surface area contributed by atoms with Gasteiger partial charge in [-0.1, -0.05) is 31.6 Å². The summed E-state index contributed by atoms with van der Waals surface area (Å²) >= 11 is 0. The Labute approximate surface area is 276 Å². The van der Waals surface area contributed by atoms with E-state index in [9.17, 15) is 19.8 Å². The van der Waals surface area contributed by atoms with E-state index in [0.29, 0.717) is 30.9 Å². The second-order valence-corrected chi connectivity index (χ2v) is 13.9. The lowest BCUT2D eigenvalue weighted by Gasteiger charge is -2.41. The van der Waals surface area contributed by atoms with Crippen molar-refractivity contribution in [3.63, 3.8) is 0 Å². The van der Waals surface area contributed by atoms with Crippen molar-refractivity contribution in [2.45, 2.75) is 102 Å². The molecule has 0 spiro atoms. The monoisotopic (exact) mass is 658 g/mol. The van der Waals surface area contributed by atoms with Crippen molar-refractivity contribution in [3.8, 4) is 0 Å². The van der Waals surface area contributed by atoms with Crippen molar-refractivity contribution in [1.29, 1.82) is 0 Å². The van der Waals surface area contributed by atoms with Crippen LogP contribution in [0.15, 0.2) is 41.9 Å². The average molecular weight is 659 g/mol. The first-order chi connectivity index (χ1) is 22.2. The van der Waals surface area contributed by atoms with Crippen LogP contribution in [-0.2, 0) is 45.1 Å². The Balaban J connectivity index is 1.48. The molecule has 0 aromatic carbocycles. The van der Waals surface area contributed by atoms with Crippen molar-refractivity contribution >= 4 is 18.0 Å². The average Bonchev–Trinajstić information content (AvgIpc) is 3.61. The highest BCUT2D eigenvalue weighted by Crippen LogP contribution is 2.52. The van der Waals surface area contributed by atoms with Crippen LogP contribution in [0.1, 0.15) is 66.0 Å². The number of allylic oxidation sites excluding steroid dienone is 3. The molecule has 1 aliphatic carbocycles. The number of fused-ring (bicyclic) bond motifs is 3. The fourth-order valence-corrected chi connectivity index (χ4v) is 7.57. The summed E-state index contributed by atoms with van der Waals surface area (Å²) in [4.78, 5) is 29.4. The first-order valence-corrected chi connectivity index (χ1v) is 16.5. The fourth-order valence-electron chi connectivity index (χ4n) is 7.57. The van der Waals surface area contributed by atoms with E-state index in [0.717, 1.165) is 12.0 Å². The molecule has 1 aromatic rings. The fraction of sp³-hybridized carbons (Fsp3) is 0.686. The lowest BCUT2D eigenvalue weighted by atomic mass is 9.65. The largest absolute Gasteiger partial charge is 0.456 e. The first kappa shape index (κ1) is 35.4. The number of imidazole rings is 1. The van der Waals surface area contributed by atoms with Crippen molar-refractivity contribution < 1.29 is 48.2 Å². The summed E-state index contributed by atoms with van der Waals surface area (Å²) in [6, 6.07) is 0. The summed E-state index contributed by atoms with van der Waals surface area (Å²) in [6.07, 6.45) is 7.99. The second kappa shape index (κ2) is 14.3. The van der Waals surface area contributed by atoms with Crippen molar-refractivity contribution in [2.24, 2.45) is 30.7 Å². The van der Waals surface area contributed by atoms with Crippen LogP contribution in [0.2, 0.25) is 0 Å². The summed E-state index contributed by atoms with van der Waals surface area (Å²) in [5.74, 6) is -1.56. The molecule has 5 rings (SSSR count). The number of nitrogens with zero attached hydrogens (tertiary/aromatic N) is 2. The molecule has 0 unspecified atom stereocenters. The van der Waals surface area contributed by atoms with E-state index < -0.39 is 54.0 Å². The maximum Gasteiger partial charge on any atom is 0.331 e. The summed E-state index contributed by atoms with van der Waals surface area (Å²) < 4.78 is 38.4. The van der Waals surface area contributed by atoms with Crippen LogP contribution < -0.4 is 0 Å². The topological polar surface area (TPSA) is 148 Å². The number of carbonyl (C=O) groups is 2. The van der Waals surface area contributed by atoms with Gasteiger partial charge in [0.25, 0.3) is 0 Å². The Bertz CT molecular complexity index is 1390. The van der Waals surface area contributed by atoms with E-state index in [-0.39, 0.29) is 31.0 Å². The van der Waals surface area contributed by atoms with Gasteiger partial charge in [-0.25, -0.2) is 9.78 Å². The number of esters is 2. The molecule has 4 aliphatic rings. The van der Waals surface area contributed by atoms with Crippen LogP contribution in [0.3, 0.4) is 0 Å². The van der Waals surface area contributed by atoms with Crippen LogP contribution in [0.4, 0.5) is 0 Å².